The third kappa shape index (κ3) is 3.62. The Hall–Kier alpha value is -4.11. The number of aliphatic hydroxyl groups excluding tert-OH is 1. The molecule has 154 valence electrons. The lowest BCUT2D eigenvalue weighted by atomic mass is 9.95. The van der Waals surface area contributed by atoms with Gasteiger partial charge in [-0.1, -0.05) is 11.6 Å². The number of rotatable bonds is 4. The zero-order valence-electron chi connectivity index (χ0n) is 15.7. The summed E-state index contributed by atoms with van der Waals surface area (Å²) >= 11 is 5.90. The van der Waals surface area contributed by atoms with Gasteiger partial charge in [-0.3, -0.25) is 24.6 Å². The second-order valence-electron chi connectivity index (χ2n) is 6.57. The topological polar surface area (TPSA) is 127 Å². The number of benzene rings is 2. The van der Waals surface area contributed by atoms with Gasteiger partial charge in [0.05, 0.1) is 16.5 Å². The molecule has 1 saturated heterocycles. The molecular formula is C21H13ClN4O5. The first-order valence-corrected chi connectivity index (χ1v) is 9.34. The number of amides is 1. The lowest BCUT2D eigenvalue weighted by Crippen LogP contribution is -2.31. The Morgan fingerprint density at radius 2 is 1.65 bits per heavy atom. The van der Waals surface area contributed by atoms with Gasteiger partial charge in [-0.15, -0.1) is 0 Å². The standard InChI is InChI=1S/C21H13ClN4O5/c22-14-6-2-13(3-7-14)18(27)16-17(12-4-8-15(9-5-12)26(30)31)25(20(29)19(16)28)21-23-10-1-11-24-21/h1-11,17,27H. The van der Waals surface area contributed by atoms with Crippen molar-refractivity contribution in [3.8, 4) is 0 Å². The minimum absolute atomic E-state index is 0.0388. The molecule has 10 heteroatoms. The predicted octanol–water partition coefficient (Wildman–Crippen LogP) is 3.66. The Morgan fingerprint density at radius 1 is 1.03 bits per heavy atom. The van der Waals surface area contributed by atoms with Gasteiger partial charge in [0.25, 0.3) is 11.5 Å². The lowest BCUT2D eigenvalue weighted by Gasteiger charge is -2.23. The molecule has 1 aliphatic rings. The summed E-state index contributed by atoms with van der Waals surface area (Å²) in [6.07, 6.45) is 2.82. The van der Waals surface area contributed by atoms with Crippen molar-refractivity contribution in [3.05, 3.63) is 98.8 Å². The molecule has 1 amide bonds. The Bertz CT molecular complexity index is 1210. The molecule has 1 N–H and O–H groups in total. The number of nitro groups is 1. The summed E-state index contributed by atoms with van der Waals surface area (Å²) in [4.78, 5) is 45.4. The molecule has 1 aromatic heterocycles. The van der Waals surface area contributed by atoms with Crippen LogP contribution in [0.3, 0.4) is 0 Å². The molecule has 0 bridgehead atoms. The molecule has 4 rings (SSSR count). The molecule has 1 fully saturated rings. The molecule has 0 aliphatic carbocycles. The molecule has 3 aromatic rings. The average molecular weight is 437 g/mol. The van der Waals surface area contributed by atoms with Crippen LogP contribution in [-0.2, 0) is 9.59 Å². The van der Waals surface area contributed by atoms with Crippen LogP contribution in [-0.4, -0.2) is 31.7 Å². The largest absolute Gasteiger partial charge is 0.507 e. The molecule has 2 heterocycles. The van der Waals surface area contributed by atoms with E-state index in [1.165, 1.54) is 60.9 Å². The highest BCUT2D eigenvalue weighted by atomic mass is 35.5. The highest BCUT2D eigenvalue weighted by Crippen LogP contribution is 2.41. The summed E-state index contributed by atoms with van der Waals surface area (Å²) in [5, 5.41) is 22.4. The molecule has 0 spiro atoms. The number of aromatic nitrogens is 2. The van der Waals surface area contributed by atoms with Crippen LogP contribution >= 0.6 is 11.6 Å². The summed E-state index contributed by atoms with van der Waals surface area (Å²) in [6.45, 7) is 0. The maximum Gasteiger partial charge on any atom is 0.302 e. The minimum Gasteiger partial charge on any atom is -0.507 e. The van der Waals surface area contributed by atoms with Crippen LogP contribution in [0.15, 0.2) is 72.6 Å². The van der Waals surface area contributed by atoms with E-state index in [2.05, 4.69) is 9.97 Å². The predicted molar refractivity (Wildman–Crippen MR) is 111 cm³/mol. The number of nitro benzene ring substituents is 1. The summed E-state index contributed by atoms with van der Waals surface area (Å²) in [5.41, 5.74) is 0.305. The molecule has 31 heavy (non-hydrogen) atoms. The molecule has 2 aromatic carbocycles. The fraction of sp³-hybridized carbons (Fsp3) is 0.0476. The normalized spacial score (nSPS) is 17.7. The third-order valence-electron chi connectivity index (χ3n) is 4.75. The van der Waals surface area contributed by atoms with Crippen LogP contribution in [0.1, 0.15) is 17.2 Å². The molecule has 1 atom stereocenters. The number of Topliss-reactive ketones (excluding diaryl/α,β-unsaturated/α-hetero) is 1. The smallest absolute Gasteiger partial charge is 0.302 e. The fourth-order valence-electron chi connectivity index (χ4n) is 3.31. The Balaban J connectivity index is 1.92. The first kappa shape index (κ1) is 20.2. The van der Waals surface area contributed by atoms with Crippen molar-refractivity contribution in [2.24, 2.45) is 0 Å². The molecule has 0 saturated carbocycles. The van der Waals surface area contributed by atoms with Gasteiger partial charge in [0.15, 0.2) is 0 Å². The summed E-state index contributed by atoms with van der Waals surface area (Å²) in [6, 6.07) is 11.9. The summed E-state index contributed by atoms with van der Waals surface area (Å²) in [7, 11) is 0. The number of non-ortho nitro benzene ring substituents is 1. The van der Waals surface area contributed by atoms with Crippen molar-refractivity contribution in [2.75, 3.05) is 4.90 Å². The summed E-state index contributed by atoms with van der Waals surface area (Å²) < 4.78 is 0. The quantitative estimate of drug-likeness (QED) is 0.217. The Morgan fingerprint density at radius 3 is 2.23 bits per heavy atom. The van der Waals surface area contributed by atoms with Crippen molar-refractivity contribution in [2.45, 2.75) is 6.04 Å². The van der Waals surface area contributed by atoms with Gasteiger partial charge in [0, 0.05) is 35.1 Å². The highest BCUT2D eigenvalue weighted by Gasteiger charge is 2.48. The molecule has 1 aliphatic heterocycles. The maximum atomic E-state index is 12.9. The Kier molecular flexibility index (Phi) is 5.18. The van der Waals surface area contributed by atoms with E-state index >= 15 is 0 Å². The molecule has 0 radical (unpaired) electrons. The zero-order chi connectivity index (χ0) is 22.1. The lowest BCUT2D eigenvalue weighted by molar-refractivity contribution is -0.384. The zero-order valence-corrected chi connectivity index (χ0v) is 16.4. The van der Waals surface area contributed by atoms with Gasteiger partial charge in [0.1, 0.15) is 5.76 Å². The van der Waals surface area contributed by atoms with Crippen LogP contribution < -0.4 is 4.90 Å². The van der Waals surface area contributed by atoms with E-state index in [4.69, 9.17) is 11.6 Å². The number of carbonyl (C=O) groups excluding carboxylic acids is 2. The monoisotopic (exact) mass is 436 g/mol. The van der Waals surface area contributed by atoms with Crippen molar-refractivity contribution in [1.82, 2.24) is 9.97 Å². The van der Waals surface area contributed by atoms with Gasteiger partial charge in [0.2, 0.25) is 5.95 Å². The van der Waals surface area contributed by atoms with Crippen LogP contribution in [0.25, 0.3) is 5.76 Å². The second-order valence-corrected chi connectivity index (χ2v) is 7.01. The number of carbonyl (C=O) groups is 2. The van der Waals surface area contributed by atoms with E-state index in [-0.39, 0.29) is 22.8 Å². The maximum absolute atomic E-state index is 12.9. The van der Waals surface area contributed by atoms with Crippen molar-refractivity contribution in [3.63, 3.8) is 0 Å². The van der Waals surface area contributed by atoms with Crippen molar-refractivity contribution >= 4 is 40.7 Å². The first-order valence-electron chi connectivity index (χ1n) is 8.97. The van der Waals surface area contributed by atoms with E-state index in [0.29, 0.717) is 10.6 Å². The van der Waals surface area contributed by atoms with E-state index in [1.807, 2.05) is 0 Å². The Labute approximate surface area is 180 Å². The SMILES string of the molecule is O=C1C(=O)N(c2ncccn2)C(c2ccc([N+](=O)[O-])cc2)C1=C(O)c1ccc(Cl)cc1. The number of nitrogens with zero attached hydrogens (tertiary/aromatic N) is 4. The van der Waals surface area contributed by atoms with Crippen LogP contribution in [0, 0.1) is 10.1 Å². The van der Waals surface area contributed by atoms with E-state index in [1.54, 1.807) is 6.07 Å². The number of aliphatic hydroxyl groups is 1. The number of hydrogen-bond acceptors (Lipinski definition) is 7. The molecular weight excluding hydrogens is 424 g/mol. The van der Waals surface area contributed by atoms with E-state index < -0.39 is 28.4 Å². The number of halogens is 1. The van der Waals surface area contributed by atoms with Gasteiger partial charge in [-0.2, -0.15) is 0 Å². The average Bonchev–Trinajstić information content (AvgIpc) is 3.05. The molecule has 9 nitrogen and oxygen atoms in total. The van der Waals surface area contributed by atoms with E-state index in [9.17, 15) is 24.8 Å². The van der Waals surface area contributed by atoms with Crippen molar-refractivity contribution in [1.29, 1.82) is 0 Å². The summed E-state index contributed by atoms with van der Waals surface area (Å²) in [5.74, 6) is -2.30. The van der Waals surface area contributed by atoms with Gasteiger partial charge in [-0.25, -0.2) is 9.97 Å². The number of hydrogen-bond donors (Lipinski definition) is 1. The second kappa shape index (κ2) is 7.96. The third-order valence-corrected chi connectivity index (χ3v) is 5.00. The number of anilines is 1. The van der Waals surface area contributed by atoms with Crippen molar-refractivity contribution < 1.29 is 19.6 Å². The van der Waals surface area contributed by atoms with Gasteiger partial charge >= 0.3 is 5.91 Å². The van der Waals surface area contributed by atoms with Crippen LogP contribution in [0.4, 0.5) is 11.6 Å². The first-order chi connectivity index (χ1) is 14.9. The highest BCUT2D eigenvalue weighted by molar-refractivity contribution is 6.51. The van der Waals surface area contributed by atoms with Crippen LogP contribution in [0.2, 0.25) is 5.02 Å². The molecule has 1 unspecified atom stereocenters. The van der Waals surface area contributed by atoms with Gasteiger partial charge < -0.3 is 5.11 Å². The fourth-order valence-corrected chi connectivity index (χ4v) is 3.44. The number of ketones is 1. The minimum atomic E-state index is -1.08. The van der Waals surface area contributed by atoms with E-state index in [0.717, 1.165) is 4.90 Å². The van der Waals surface area contributed by atoms with Gasteiger partial charge in [-0.05, 0) is 48.0 Å². The van der Waals surface area contributed by atoms with Crippen LogP contribution in [0.5, 0.6) is 0 Å².